The lowest BCUT2D eigenvalue weighted by molar-refractivity contribution is 0.995. The Kier molecular flexibility index (Phi) is 21.5. The monoisotopic (exact) mass is 1920 g/mol. The molecule has 0 amide bonds. The van der Waals surface area contributed by atoms with E-state index < -0.39 is 0 Å². The third kappa shape index (κ3) is 15.1. The van der Waals surface area contributed by atoms with Crippen molar-refractivity contribution in [1.29, 1.82) is 0 Å². The molecular formula is C135H87N15. The third-order valence-corrected chi connectivity index (χ3v) is 28.8. The first kappa shape index (κ1) is 87.3. The molecule has 15 nitrogen and oxygen atoms in total. The van der Waals surface area contributed by atoms with E-state index in [0.717, 1.165) is 222 Å². The van der Waals surface area contributed by atoms with Gasteiger partial charge in [-0.25, -0.2) is 29.9 Å². The van der Waals surface area contributed by atoms with Gasteiger partial charge < -0.3 is 18.3 Å². The average molecular weight is 1920 g/mol. The highest BCUT2D eigenvalue weighted by atomic mass is 15.2. The zero-order valence-corrected chi connectivity index (χ0v) is 80.9. The van der Waals surface area contributed by atoms with Crippen molar-refractivity contribution in [2.75, 3.05) is 0 Å². The molecule has 12 aromatic heterocycles. The Morgan fingerprint density at radius 2 is 0.473 bits per heavy atom. The van der Waals surface area contributed by atoms with Crippen molar-refractivity contribution in [3.8, 4) is 136 Å². The van der Waals surface area contributed by atoms with E-state index in [0.29, 0.717) is 17.6 Å². The summed E-state index contributed by atoms with van der Waals surface area (Å²) < 4.78 is 13.7. The van der Waals surface area contributed by atoms with Crippen molar-refractivity contribution < 1.29 is 0 Å². The van der Waals surface area contributed by atoms with Crippen molar-refractivity contribution in [3.63, 3.8) is 0 Å². The standard InChI is InChI=1S/3C45H29N5/c1-4-14-30(15-5-1)37-29-38(31-16-6-2-7-17-31)48-45(47-37)50-39-22-11-10-20-35(39)43-34(21-12-23-41(43)50)32-25-26-40-36(28-32)44-42(24-13-27-46-44)49(40)33-18-8-3-9-19-33;1-4-14-30(15-5-1)37-29-42(48-45(47-37)31-16-6-2-7-17-31)50-38-22-11-10-20-35(38)43-34(21-12-23-40(43)50)32-25-26-39-36(28-32)44-41(24-13-27-46-44)49(39)33-18-8-3-9-19-33;1-4-14-30(15-5-1)43-41(29-47-45(48-43)31-16-6-2-7-17-31)50-37-22-11-10-20-35(37)42-34(21-12-23-39(42)50)32-25-26-38-36(28-32)44-40(24-13-27-46-44)49(38)33-18-8-3-9-19-33/h3*1-29H. The first-order chi connectivity index (χ1) is 74.5. The predicted octanol–water partition coefficient (Wildman–Crippen LogP) is 33.2. The maximum Gasteiger partial charge on any atom is 0.235 e. The molecule has 0 aliphatic carbocycles. The summed E-state index contributed by atoms with van der Waals surface area (Å²) in [6.07, 6.45) is 7.62. The fraction of sp³-hybridized carbons (Fsp3) is 0. The van der Waals surface area contributed by atoms with Crippen molar-refractivity contribution in [2.45, 2.75) is 0 Å². The number of benzene rings is 18. The fourth-order valence-corrected chi connectivity index (χ4v) is 22.2. The van der Waals surface area contributed by atoms with E-state index in [1.165, 1.54) is 27.1 Å². The van der Waals surface area contributed by atoms with Crippen LogP contribution in [0.1, 0.15) is 0 Å². The molecule has 0 bridgehead atoms. The number of nitrogens with zero attached hydrogens (tertiary/aromatic N) is 15. The van der Waals surface area contributed by atoms with Gasteiger partial charge in [-0.05, 0) is 185 Å². The number of fused-ring (bicyclic) bond motifs is 18. The molecule has 30 rings (SSSR count). The molecule has 0 unspecified atom stereocenters. The number of hydrogen-bond acceptors (Lipinski definition) is 9. The fourth-order valence-electron chi connectivity index (χ4n) is 22.2. The van der Waals surface area contributed by atoms with Gasteiger partial charge in [-0.2, -0.15) is 0 Å². The summed E-state index contributed by atoms with van der Waals surface area (Å²) in [5.74, 6) is 2.86. The second-order valence-electron chi connectivity index (χ2n) is 37.5. The van der Waals surface area contributed by atoms with Crippen molar-refractivity contribution in [2.24, 2.45) is 0 Å². The van der Waals surface area contributed by atoms with Gasteiger partial charge in [-0.1, -0.05) is 346 Å². The van der Waals surface area contributed by atoms with Gasteiger partial charge >= 0.3 is 0 Å². The molecule has 0 saturated carbocycles. The lowest BCUT2D eigenvalue weighted by atomic mass is 9.98. The molecule has 702 valence electrons. The van der Waals surface area contributed by atoms with Gasteiger partial charge in [0.1, 0.15) is 5.82 Å². The molecule has 0 atom stereocenters. The van der Waals surface area contributed by atoms with Crippen LogP contribution in [0.2, 0.25) is 0 Å². The molecule has 15 heteroatoms. The summed E-state index contributed by atoms with van der Waals surface area (Å²) in [4.78, 5) is 45.5. The maximum absolute atomic E-state index is 5.22. The second-order valence-corrected chi connectivity index (χ2v) is 37.5. The summed E-state index contributed by atoms with van der Waals surface area (Å²) in [6.45, 7) is 0. The second kappa shape index (κ2) is 37.0. The summed E-state index contributed by atoms with van der Waals surface area (Å²) in [5, 5.41) is 10.4. The van der Waals surface area contributed by atoms with Gasteiger partial charge in [0.2, 0.25) is 5.95 Å². The molecular weight excluding hydrogens is 1830 g/mol. The maximum atomic E-state index is 5.22. The number of pyridine rings is 3. The highest BCUT2D eigenvalue weighted by molar-refractivity contribution is 6.21. The first-order valence-corrected chi connectivity index (χ1v) is 50.4. The number of rotatable bonds is 15. The predicted molar refractivity (Wildman–Crippen MR) is 614 cm³/mol. The summed E-state index contributed by atoms with van der Waals surface area (Å²) in [6, 6.07) is 176. The van der Waals surface area contributed by atoms with Crippen LogP contribution < -0.4 is 0 Å². The van der Waals surface area contributed by atoms with Crippen LogP contribution in [-0.2, 0) is 0 Å². The Hall–Kier alpha value is -20.6. The quantitative estimate of drug-likeness (QED) is 0.0979. The Bertz CT molecular complexity index is 9940. The normalized spacial score (nSPS) is 11.6. The number of aromatic nitrogens is 15. The highest BCUT2D eigenvalue weighted by Crippen LogP contribution is 2.48. The Morgan fingerprint density at radius 1 is 0.167 bits per heavy atom. The molecule has 0 spiro atoms. The van der Waals surface area contributed by atoms with Crippen LogP contribution in [0, 0.1) is 0 Å². The van der Waals surface area contributed by atoms with Gasteiger partial charge in [0.15, 0.2) is 11.6 Å². The van der Waals surface area contributed by atoms with Gasteiger partial charge in [0.25, 0.3) is 0 Å². The van der Waals surface area contributed by atoms with E-state index in [-0.39, 0.29) is 0 Å². The van der Waals surface area contributed by atoms with Gasteiger partial charge in [0.05, 0.1) is 117 Å². The minimum atomic E-state index is 0.638. The molecule has 0 fully saturated rings. The lowest BCUT2D eigenvalue weighted by Gasteiger charge is -2.14. The average Bonchev–Trinajstić information content (AvgIpc) is 1.57. The van der Waals surface area contributed by atoms with Crippen molar-refractivity contribution in [1.82, 2.24) is 72.3 Å². The van der Waals surface area contributed by atoms with Crippen LogP contribution in [0.25, 0.3) is 267 Å². The molecule has 18 aromatic carbocycles. The zero-order chi connectivity index (χ0) is 99.1. The minimum absolute atomic E-state index is 0.638. The van der Waals surface area contributed by atoms with Crippen LogP contribution in [0.4, 0.5) is 0 Å². The van der Waals surface area contributed by atoms with Gasteiger partial charge in [-0.3, -0.25) is 24.1 Å². The summed E-state index contributed by atoms with van der Waals surface area (Å²) in [5.41, 5.74) is 37.0. The van der Waals surface area contributed by atoms with Crippen LogP contribution in [0.3, 0.4) is 0 Å². The molecule has 0 aliphatic rings. The SMILES string of the molecule is c1ccc(-c2cc(-c3ccccc3)nc(-n3c4ccccc4c4c(-c5ccc6c(c5)c5ncccc5n6-c5ccccc5)cccc43)n2)cc1.c1ccc(-c2cc(-n3c4ccccc4c4c(-c5ccc6c(c5)c5ncccc5n6-c5ccccc5)cccc43)nc(-c3ccccc3)n2)cc1.c1ccc(-c2ncc(-n3c4ccccc4c4c(-c5ccc6c(c5)c5ncccc5n6-c5ccccc5)cccc43)c(-c3ccccc3)n2)cc1. The van der Waals surface area contributed by atoms with Gasteiger partial charge in [0, 0.05) is 124 Å². The molecule has 150 heavy (non-hydrogen) atoms. The van der Waals surface area contributed by atoms with E-state index in [1.54, 1.807) is 0 Å². The van der Waals surface area contributed by atoms with Crippen LogP contribution >= 0.6 is 0 Å². The number of hydrogen-bond donors (Lipinski definition) is 0. The van der Waals surface area contributed by atoms with E-state index in [4.69, 9.17) is 44.9 Å². The topological polar surface area (TPSA) is 146 Å². The van der Waals surface area contributed by atoms with E-state index in [9.17, 15) is 0 Å². The third-order valence-electron chi connectivity index (χ3n) is 28.8. The summed E-state index contributed by atoms with van der Waals surface area (Å²) in [7, 11) is 0. The molecule has 12 heterocycles. The molecule has 0 aliphatic heterocycles. The van der Waals surface area contributed by atoms with Crippen LogP contribution in [0.5, 0.6) is 0 Å². The Balaban J connectivity index is 0.000000108. The number of para-hydroxylation sites is 6. The van der Waals surface area contributed by atoms with E-state index in [1.807, 2.05) is 104 Å². The van der Waals surface area contributed by atoms with Crippen LogP contribution in [-0.4, -0.2) is 72.3 Å². The largest absolute Gasteiger partial charge is 0.308 e. The van der Waals surface area contributed by atoms with Crippen molar-refractivity contribution >= 4 is 131 Å². The zero-order valence-electron chi connectivity index (χ0n) is 80.9. The molecule has 0 N–H and O–H groups in total. The Labute approximate surface area is 861 Å². The minimum Gasteiger partial charge on any atom is -0.308 e. The summed E-state index contributed by atoms with van der Waals surface area (Å²) >= 11 is 0. The smallest absolute Gasteiger partial charge is 0.235 e. The lowest BCUT2D eigenvalue weighted by Crippen LogP contribution is -2.04. The molecule has 0 saturated heterocycles. The Morgan fingerprint density at radius 3 is 0.873 bits per heavy atom. The molecule has 30 aromatic rings. The van der Waals surface area contributed by atoms with Gasteiger partial charge in [-0.15, -0.1) is 0 Å². The molecule has 0 radical (unpaired) electrons. The van der Waals surface area contributed by atoms with E-state index >= 15 is 0 Å². The van der Waals surface area contributed by atoms with Crippen molar-refractivity contribution in [3.05, 3.63) is 528 Å². The van der Waals surface area contributed by atoms with Crippen LogP contribution in [0.15, 0.2) is 528 Å². The van der Waals surface area contributed by atoms with E-state index in [2.05, 4.69) is 452 Å². The highest BCUT2D eigenvalue weighted by Gasteiger charge is 2.28. The first-order valence-electron chi connectivity index (χ1n) is 50.4.